The van der Waals surface area contributed by atoms with Crippen molar-refractivity contribution in [1.29, 1.82) is 0 Å². The van der Waals surface area contributed by atoms with Gasteiger partial charge >= 0.3 is 0 Å². The summed E-state index contributed by atoms with van der Waals surface area (Å²) in [5.41, 5.74) is 7.76. The first-order valence-corrected chi connectivity index (χ1v) is 9.01. The molecule has 26 heavy (non-hydrogen) atoms. The SMILES string of the molecule is Cc1nc(C(=O)NC2(CN)CCCC2)nn1-c1ccccc1C(C)C.Cl. The molecule has 0 bridgehead atoms. The maximum Gasteiger partial charge on any atom is 0.291 e. The third-order valence-corrected chi connectivity index (χ3v) is 5.09. The minimum atomic E-state index is -0.299. The highest BCUT2D eigenvalue weighted by Gasteiger charge is 2.35. The fraction of sp³-hybridized carbons (Fsp3) is 0.526. The number of nitrogens with zero attached hydrogens (tertiary/aromatic N) is 3. The third kappa shape index (κ3) is 3.91. The molecule has 2 aromatic rings. The first-order chi connectivity index (χ1) is 12.0. The highest BCUT2D eigenvalue weighted by molar-refractivity contribution is 5.91. The Morgan fingerprint density at radius 2 is 1.96 bits per heavy atom. The Bertz CT molecular complexity index is 765. The zero-order valence-electron chi connectivity index (χ0n) is 15.7. The lowest BCUT2D eigenvalue weighted by molar-refractivity contribution is 0.0892. The number of halogens is 1. The molecular formula is C19H28ClN5O. The van der Waals surface area contributed by atoms with Crippen LogP contribution in [0.2, 0.25) is 0 Å². The molecule has 1 amide bonds. The predicted octanol–water partition coefficient (Wildman–Crippen LogP) is 3.12. The van der Waals surface area contributed by atoms with Crippen LogP contribution >= 0.6 is 12.4 Å². The second-order valence-corrected chi connectivity index (χ2v) is 7.25. The van der Waals surface area contributed by atoms with E-state index < -0.39 is 0 Å². The van der Waals surface area contributed by atoms with Crippen molar-refractivity contribution in [1.82, 2.24) is 20.1 Å². The molecule has 1 saturated carbocycles. The molecular weight excluding hydrogens is 350 g/mol. The van der Waals surface area contributed by atoms with Gasteiger partial charge in [0.1, 0.15) is 5.82 Å². The minimum absolute atomic E-state index is 0. The van der Waals surface area contributed by atoms with Gasteiger partial charge < -0.3 is 11.1 Å². The van der Waals surface area contributed by atoms with Gasteiger partial charge in [0.25, 0.3) is 5.91 Å². The van der Waals surface area contributed by atoms with Crippen LogP contribution in [0.5, 0.6) is 0 Å². The van der Waals surface area contributed by atoms with Gasteiger partial charge in [-0.25, -0.2) is 9.67 Å². The van der Waals surface area contributed by atoms with Crippen molar-refractivity contribution < 1.29 is 4.79 Å². The lowest BCUT2D eigenvalue weighted by atomic mass is 9.98. The quantitative estimate of drug-likeness (QED) is 0.838. The van der Waals surface area contributed by atoms with Crippen LogP contribution in [0.25, 0.3) is 5.69 Å². The second kappa shape index (κ2) is 8.18. The standard InChI is InChI=1S/C19H27N5O.ClH/c1-13(2)15-8-4-5-9-16(15)24-14(3)21-17(23-24)18(25)22-19(12-20)10-6-7-11-19;/h4-5,8-9,13H,6-7,10-12,20H2,1-3H3,(H,22,25);1H. The summed E-state index contributed by atoms with van der Waals surface area (Å²) in [6, 6.07) is 8.09. The van der Waals surface area contributed by atoms with Gasteiger partial charge in [-0.1, -0.05) is 44.9 Å². The number of para-hydroxylation sites is 1. The number of carbonyl (C=O) groups is 1. The van der Waals surface area contributed by atoms with E-state index in [2.05, 4.69) is 35.3 Å². The van der Waals surface area contributed by atoms with Crippen LogP contribution in [-0.4, -0.2) is 32.8 Å². The van der Waals surface area contributed by atoms with Gasteiger partial charge in [0, 0.05) is 6.54 Å². The number of benzene rings is 1. The molecule has 0 aliphatic heterocycles. The summed E-state index contributed by atoms with van der Waals surface area (Å²) in [4.78, 5) is 17.1. The maximum atomic E-state index is 12.7. The molecule has 0 unspecified atom stereocenters. The Morgan fingerprint density at radius 3 is 2.58 bits per heavy atom. The fourth-order valence-electron chi connectivity index (χ4n) is 3.61. The first kappa shape index (κ1) is 20.4. The van der Waals surface area contributed by atoms with Gasteiger partial charge in [0.2, 0.25) is 5.82 Å². The van der Waals surface area contributed by atoms with E-state index in [0.717, 1.165) is 31.4 Å². The third-order valence-electron chi connectivity index (χ3n) is 5.09. The topological polar surface area (TPSA) is 85.8 Å². The first-order valence-electron chi connectivity index (χ1n) is 9.01. The number of aromatic nitrogens is 3. The molecule has 1 aliphatic rings. The second-order valence-electron chi connectivity index (χ2n) is 7.25. The largest absolute Gasteiger partial charge is 0.343 e. The number of rotatable bonds is 5. The van der Waals surface area contributed by atoms with Crippen molar-refractivity contribution in [3.05, 3.63) is 41.5 Å². The zero-order chi connectivity index (χ0) is 18.0. The Kier molecular flexibility index (Phi) is 6.42. The summed E-state index contributed by atoms with van der Waals surface area (Å²) in [5, 5.41) is 7.57. The van der Waals surface area contributed by atoms with Crippen molar-refractivity contribution >= 4 is 18.3 Å². The van der Waals surface area contributed by atoms with E-state index in [0.29, 0.717) is 18.3 Å². The molecule has 1 fully saturated rings. The van der Waals surface area contributed by atoms with Gasteiger partial charge in [-0.15, -0.1) is 17.5 Å². The number of nitrogens with two attached hydrogens (primary N) is 1. The van der Waals surface area contributed by atoms with Crippen LogP contribution in [-0.2, 0) is 0 Å². The number of nitrogens with one attached hydrogen (secondary N) is 1. The van der Waals surface area contributed by atoms with Gasteiger partial charge in [0.15, 0.2) is 0 Å². The molecule has 1 aliphatic carbocycles. The molecule has 142 valence electrons. The minimum Gasteiger partial charge on any atom is -0.343 e. The molecule has 0 spiro atoms. The van der Waals surface area contributed by atoms with Crippen molar-refractivity contribution in [3.63, 3.8) is 0 Å². The van der Waals surface area contributed by atoms with Gasteiger partial charge in [-0.2, -0.15) is 0 Å². The van der Waals surface area contributed by atoms with Crippen LogP contribution in [0.1, 0.15) is 67.5 Å². The van der Waals surface area contributed by atoms with E-state index in [-0.39, 0.29) is 29.7 Å². The van der Waals surface area contributed by atoms with E-state index in [1.807, 2.05) is 25.1 Å². The lowest BCUT2D eigenvalue weighted by Crippen LogP contribution is -2.51. The summed E-state index contributed by atoms with van der Waals surface area (Å²) >= 11 is 0. The number of carbonyl (C=O) groups excluding carboxylic acids is 1. The lowest BCUT2D eigenvalue weighted by Gasteiger charge is -2.27. The van der Waals surface area contributed by atoms with E-state index >= 15 is 0 Å². The molecule has 0 saturated heterocycles. The predicted molar refractivity (Wildman–Crippen MR) is 105 cm³/mol. The molecule has 7 heteroatoms. The van der Waals surface area contributed by atoms with Gasteiger partial charge in [-0.3, -0.25) is 4.79 Å². The number of aryl methyl sites for hydroxylation is 1. The molecule has 1 aromatic carbocycles. The van der Waals surface area contributed by atoms with Crippen LogP contribution in [0.4, 0.5) is 0 Å². The summed E-state index contributed by atoms with van der Waals surface area (Å²) in [5.74, 6) is 1.02. The summed E-state index contributed by atoms with van der Waals surface area (Å²) in [6.45, 7) is 6.61. The number of hydrogen-bond donors (Lipinski definition) is 2. The number of amides is 1. The van der Waals surface area contributed by atoms with Crippen molar-refractivity contribution in [2.45, 2.75) is 57.9 Å². The Morgan fingerprint density at radius 1 is 1.31 bits per heavy atom. The molecule has 0 radical (unpaired) electrons. The van der Waals surface area contributed by atoms with Gasteiger partial charge in [-0.05, 0) is 37.3 Å². The summed E-state index contributed by atoms with van der Waals surface area (Å²) in [7, 11) is 0. The number of hydrogen-bond acceptors (Lipinski definition) is 4. The molecule has 1 heterocycles. The average Bonchev–Trinajstić information content (AvgIpc) is 3.22. The zero-order valence-corrected chi connectivity index (χ0v) is 16.5. The van der Waals surface area contributed by atoms with Crippen LogP contribution in [0.3, 0.4) is 0 Å². The monoisotopic (exact) mass is 377 g/mol. The highest BCUT2D eigenvalue weighted by atomic mass is 35.5. The smallest absolute Gasteiger partial charge is 0.291 e. The maximum absolute atomic E-state index is 12.7. The van der Waals surface area contributed by atoms with E-state index in [9.17, 15) is 4.79 Å². The Balaban J connectivity index is 0.00000243. The van der Waals surface area contributed by atoms with Crippen molar-refractivity contribution in [2.75, 3.05) is 6.54 Å². The average molecular weight is 378 g/mol. The molecule has 1 aromatic heterocycles. The molecule has 6 nitrogen and oxygen atoms in total. The Labute approximate surface area is 161 Å². The van der Waals surface area contributed by atoms with Crippen LogP contribution < -0.4 is 11.1 Å². The van der Waals surface area contributed by atoms with E-state index in [1.165, 1.54) is 5.56 Å². The van der Waals surface area contributed by atoms with Crippen LogP contribution in [0.15, 0.2) is 24.3 Å². The van der Waals surface area contributed by atoms with Crippen molar-refractivity contribution in [3.8, 4) is 5.69 Å². The highest BCUT2D eigenvalue weighted by Crippen LogP contribution is 2.29. The van der Waals surface area contributed by atoms with E-state index in [4.69, 9.17) is 5.73 Å². The normalized spacial score (nSPS) is 15.7. The Hall–Kier alpha value is -1.92. The van der Waals surface area contributed by atoms with Crippen LogP contribution in [0, 0.1) is 6.92 Å². The molecule has 0 atom stereocenters. The van der Waals surface area contributed by atoms with E-state index in [1.54, 1.807) is 4.68 Å². The molecule has 3 rings (SSSR count). The fourth-order valence-corrected chi connectivity index (χ4v) is 3.61. The van der Waals surface area contributed by atoms with Gasteiger partial charge in [0.05, 0.1) is 11.2 Å². The summed E-state index contributed by atoms with van der Waals surface area (Å²) < 4.78 is 1.76. The van der Waals surface area contributed by atoms with Crippen molar-refractivity contribution in [2.24, 2.45) is 5.73 Å². The molecule has 3 N–H and O–H groups in total. The summed E-state index contributed by atoms with van der Waals surface area (Å²) in [6.07, 6.45) is 4.04.